The van der Waals surface area contributed by atoms with Crippen LogP contribution in [0.2, 0.25) is 0 Å². The number of sulfonamides is 1. The van der Waals surface area contributed by atoms with E-state index in [9.17, 15) is 41.0 Å². The molecule has 0 aliphatic rings. The maximum atomic E-state index is 13.0. The molecule has 5 rings (SSSR count). The Hall–Kier alpha value is -4.69. The first-order valence-corrected chi connectivity index (χ1v) is 17.6. The number of halogens is 4. The third-order valence-electron chi connectivity index (χ3n) is 7.54. The molecule has 3 atom stereocenters. The molecule has 0 aliphatic heterocycles. The van der Waals surface area contributed by atoms with Crippen LogP contribution in [-0.2, 0) is 40.4 Å². The van der Waals surface area contributed by atoms with Gasteiger partial charge in [0.25, 0.3) is 10.0 Å². The molecule has 272 valence electrons. The molecular weight excluding hydrogens is 721 g/mol. The maximum absolute atomic E-state index is 13.0. The van der Waals surface area contributed by atoms with Gasteiger partial charge in [-0.25, -0.2) is 27.6 Å². The van der Waals surface area contributed by atoms with Crippen LogP contribution < -0.4 is 19.9 Å². The summed E-state index contributed by atoms with van der Waals surface area (Å²) in [5, 5.41) is 36.0. The Labute approximate surface area is 292 Å². The van der Waals surface area contributed by atoms with Crippen molar-refractivity contribution in [3.05, 3.63) is 95.3 Å². The number of aliphatic carboxylic acids is 1. The third kappa shape index (κ3) is 10.4. The molecule has 19 heteroatoms. The molecule has 0 spiro atoms. The SMILES string of the molecule is NS(=O)(=O)c1nc2ccc(OCc3cn([C@H](CNC(Cc4ccc(C(F)(F)F)cc4)C(=O)O)Cc4ccc(OCC(O)CF)cc4)nn3)cc2s1. The summed E-state index contributed by atoms with van der Waals surface area (Å²) in [5.41, 5.74) is 1.20. The van der Waals surface area contributed by atoms with Crippen LogP contribution in [0.25, 0.3) is 10.2 Å². The molecule has 51 heavy (non-hydrogen) atoms. The minimum atomic E-state index is -4.52. The number of aliphatic hydroxyl groups is 1. The fraction of sp³-hybridized carbons (Fsp3) is 0.312. The van der Waals surface area contributed by atoms with Crippen LogP contribution in [-0.4, -0.2) is 76.6 Å². The van der Waals surface area contributed by atoms with E-state index >= 15 is 0 Å². The van der Waals surface area contributed by atoms with Crippen LogP contribution in [0.5, 0.6) is 11.5 Å². The average molecular weight is 753 g/mol. The number of aromatic nitrogens is 4. The van der Waals surface area contributed by atoms with E-state index in [2.05, 4.69) is 20.6 Å². The molecule has 0 saturated heterocycles. The zero-order valence-electron chi connectivity index (χ0n) is 26.5. The lowest BCUT2D eigenvalue weighted by atomic mass is 10.0. The molecule has 0 amide bonds. The number of ether oxygens (including phenoxy) is 2. The van der Waals surface area contributed by atoms with Crippen LogP contribution in [0.15, 0.2) is 77.3 Å². The summed E-state index contributed by atoms with van der Waals surface area (Å²) < 4.78 is 88.1. The highest BCUT2D eigenvalue weighted by Gasteiger charge is 2.30. The number of hydrogen-bond donors (Lipinski definition) is 4. The first-order chi connectivity index (χ1) is 24.2. The highest BCUT2D eigenvalue weighted by atomic mass is 32.2. The average Bonchev–Trinajstić information content (AvgIpc) is 3.75. The van der Waals surface area contributed by atoms with E-state index in [1.807, 2.05) is 0 Å². The topological polar surface area (TPSA) is 192 Å². The van der Waals surface area contributed by atoms with E-state index in [0.29, 0.717) is 39.4 Å². The molecule has 2 unspecified atom stereocenters. The van der Waals surface area contributed by atoms with Crippen LogP contribution in [0.4, 0.5) is 17.6 Å². The molecule has 0 aliphatic carbocycles. The van der Waals surface area contributed by atoms with Gasteiger partial charge < -0.3 is 25.0 Å². The number of fused-ring (bicyclic) bond motifs is 1. The second kappa shape index (κ2) is 16.1. The van der Waals surface area contributed by atoms with Crippen molar-refractivity contribution in [3.63, 3.8) is 0 Å². The van der Waals surface area contributed by atoms with E-state index in [1.54, 1.807) is 48.7 Å². The fourth-order valence-electron chi connectivity index (χ4n) is 4.89. The number of thiazole rings is 1. The van der Waals surface area contributed by atoms with E-state index < -0.39 is 52.6 Å². The molecule has 2 heterocycles. The van der Waals surface area contributed by atoms with Gasteiger partial charge in [-0.1, -0.05) is 29.5 Å². The van der Waals surface area contributed by atoms with Crippen molar-refractivity contribution in [2.75, 3.05) is 19.8 Å². The standard InChI is InChI=1S/C32H32F4N6O7S2/c33-14-24(43)18-49-25-7-3-19(4-8-25)11-23(15-38-28(30(44)45)12-20-1-5-21(6-2-20)32(34,35)36)42-16-22(40-41-42)17-48-26-9-10-27-29(13-26)50-31(39-27)51(37,46)47/h1-10,13,16,23-24,28,38,43H,11-12,14-15,17-18H2,(H,44,45)(H2,37,46,47)/t23-,24?,28?/m0/s1. The van der Waals surface area contributed by atoms with Gasteiger partial charge in [-0.15, -0.1) is 16.4 Å². The van der Waals surface area contributed by atoms with Crippen molar-refractivity contribution < 1.29 is 50.5 Å². The molecule has 5 N–H and O–H groups in total. The number of nitrogens with two attached hydrogens (primary N) is 1. The lowest BCUT2D eigenvalue weighted by Gasteiger charge is -2.21. The highest BCUT2D eigenvalue weighted by Crippen LogP contribution is 2.30. The zero-order chi connectivity index (χ0) is 36.8. The maximum Gasteiger partial charge on any atom is 0.416 e. The molecule has 0 bridgehead atoms. The number of carbonyl (C=O) groups is 1. The highest BCUT2D eigenvalue weighted by molar-refractivity contribution is 7.91. The molecule has 0 saturated carbocycles. The summed E-state index contributed by atoms with van der Waals surface area (Å²) in [5.74, 6) is -0.387. The van der Waals surface area contributed by atoms with Crippen LogP contribution in [0.3, 0.4) is 0 Å². The Morgan fingerprint density at radius 2 is 1.67 bits per heavy atom. The summed E-state index contributed by atoms with van der Waals surface area (Å²) in [4.78, 5) is 16.2. The number of carboxylic acids is 1. The van der Waals surface area contributed by atoms with Gasteiger partial charge in [0.1, 0.15) is 49.2 Å². The van der Waals surface area contributed by atoms with E-state index in [1.165, 1.54) is 16.8 Å². The van der Waals surface area contributed by atoms with Crippen LogP contribution in [0, 0.1) is 0 Å². The Balaban J connectivity index is 1.30. The number of nitrogens with one attached hydrogen (secondary N) is 1. The number of primary sulfonamides is 1. The Morgan fingerprint density at radius 1 is 1.00 bits per heavy atom. The van der Waals surface area contributed by atoms with Crippen LogP contribution in [0.1, 0.15) is 28.4 Å². The van der Waals surface area contributed by atoms with Gasteiger partial charge in [-0.3, -0.25) is 4.79 Å². The van der Waals surface area contributed by atoms with Crippen molar-refractivity contribution >= 4 is 37.5 Å². The number of aliphatic hydroxyl groups excluding tert-OH is 1. The molecule has 3 aromatic carbocycles. The predicted octanol–water partition coefficient (Wildman–Crippen LogP) is 3.91. The van der Waals surface area contributed by atoms with Crippen molar-refractivity contribution in [2.45, 2.75) is 48.2 Å². The van der Waals surface area contributed by atoms with Gasteiger partial charge in [0.2, 0.25) is 4.34 Å². The second-order valence-electron chi connectivity index (χ2n) is 11.5. The quantitative estimate of drug-likeness (QED) is 0.101. The summed E-state index contributed by atoms with van der Waals surface area (Å²) in [6.07, 6.45) is -3.92. The number of benzene rings is 3. The van der Waals surface area contributed by atoms with Crippen molar-refractivity contribution in [1.29, 1.82) is 0 Å². The Kier molecular flexibility index (Phi) is 11.9. The predicted molar refractivity (Wildman–Crippen MR) is 177 cm³/mol. The van der Waals surface area contributed by atoms with Gasteiger partial charge in [0, 0.05) is 6.54 Å². The molecule has 2 aromatic heterocycles. The van der Waals surface area contributed by atoms with Crippen molar-refractivity contribution in [1.82, 2.24) is 25.3 Å². The zero-order valence-corrected chi connectivity index (χ0v) is 28.2. The Bertz CT molecular complexity index is 2040. The van der Waals surface area contributed by atoms with Gasteiger partial charge in [0.05, 0.1) is 28.0 Å². The lowest BCUT2D eigenvalue weighted by molar-refractivity contribution is -0.140. The second-order valence-corrected chi connectivity index (χ2v) is 14.2. The molecule has 0 fully saturated rings. The molecule has 5 aromatic rings. The minimum Gasteiger partial charge on any atom is -0.491 e. The minimum absolute atomic E-state index is 0.0189. The van der Waals surface area contributed by atoms with Crippen molar-refractivity contribution in [2.24, 2.45) is 5.14 Å². The lowest BCUT2D eigenvalue weighted by Crippen LogP contribution is -2.42. The normalized spacial score (nSPS) is 13.9. The largest absolute Gasteiger partial charge is 0.491 e. The first-order valence-electron chi connectivity index (χ1n) is 15.2. The number of carboxylic acid groups (broad SMARTS) is 1. The fourth-order valence-corrected chi connectivity index (χ4v) is 6.58. The number of alkyl halides is 4. The van der Waals surface area contributed by atoms with Crippen molar-refractivity contribution in [3.8, 4) is 11.5 Å². The number of nitrogens with zero attached hydrogens (tertiary/aromatic N) is 4. The summed E-state index contributed by atoms with van der Waals surface area (Å²) >= 11 is 0.902. The van der Waals surface area contributed by atoms with E-state index in [-0.39, 0.29) is 30.5 Å². The van der Waals surface area contributed by atoms with E-state index in [0.717, 1.165) is 29.0 Å². The van der Waals surface area contributed by atoms with Crippen LogP contribution >= 0.6 is 11.3 Å². The van der Waals surface area contributed by atoms with Gasteiger partial charge in [-0.05, 0) is 66.4 Å². The summed E-state index contributed by atoms with van der Waals surface area (Å²) in [6, 6.07) is 14.2. The number of rotatable bonds is 17. The smallest absolute Gasteiger partial charge is 0.416 e. The van der Waals surface area contributed by atoms with Gasteiger partial charge in [0.15, 0.2) is 0 Å². The summed E-state index contributed by atoms with van der Waals surface area (Å²) in [7, 11) is -3.96. The number of hydrogen-bond acceptors (Lipinski definition) is 11. The molecule has 13 nitrogen and oxygen atoms in total. The monoisotopic (exact) mass is 752 g/mol. The van der Waals surface area contributed by atoms with Gasteiger partial charge >= 0.3 is 12.1 Å². The Morgan fingerprint density at radius 3 is 2.31 bits per heavy atom. The first kappa shape index (κ1) is 37.6. The third-order valence-corrected chi connectivity index (χ3v) is 9.87. The summed E-state index contributed by atoms with van der Waals surface area (Å²) in [6.45, 7) is -1.13. The van der Waals surface area contributed by atoms with Gasteiger partial charge in [-0.2, -0.15) is 13.2 Å². The molecular formula is C32H32F4N6O7S2. The van der Waals surface area contributed by atoms with E-state index in [4.69, 9.17) is 14.6 Å². The molecule has 0 radical (unpaired) electrons.